The molecule has 1 fully saturated rings. The van der Waals surface area contributed by atoms with E-state index in [-0.39, 0.29) is 30.1 Å². The van der Waals surface area contributed by atoms with Crippen LogP contribution in [0.5, 0.6) is 0 Å². The second-order valence-electron chi connectivity index (χ2n) is 7.83. The lowest BCUT2D eigenvalue weighted by Gasteiger charge is -2.20. The molecular weight excluding hydrogens is 366 g/mol. The summed E-state index contributed by atoms with van der Waals surface area (Å²) in [6, 6.07) is 12.8. The second-order valence-corrected chi connectivity index (χ2v) is 7.83. The predicted octanol–water partition coefficient (Wildman–Crippen LogP) is 3.89. The average Bonchev–Trinajstić information content (AvgIpc) is 3.07. The van der Waals surface area contributed by atoms with Crippen molar-refractivity contribution >= 4 is 34.8 Å². The zero-order valence-corrected chi connectivity index (χ0v) is 17.3. The highest BCUT2D eigenvalue weighted by Crippen LogP contribution is 2.30. The van der Waals surface area contributed by atoms with Crippen LogP contribution in [-0.4, -0.2) is 24.3 Å². The summed E-state index contributed by atoms with van der Waals surface area (Å²) < 4.78 is 0. The first-order chi connectivity index (χ1) is 13.8. The van der Waals surface area contributed by atoms with Gasteiger partial charge in [-0.3, -0.25) is 14.4 Å². The van der Waals surface area contributed by atoms with E-state index in [1.54, 1.807) is 29.2 Å². The lowest BCUT2D eigenvalue weighted by Crippen LogP contribution is -2.28. The molecule has 0 aromatic heterocycles. The number of nitrogens with one attached hydrogen (secondary N) is 2. The van der Waals surface area contributed by atoms with Gasteiger partial charge in [0.1, 0.15) is 0 Å². The monoisotopic (exact) mass is 393 g/mol. The van der Waals surface area contributed by atoms with Crippen LogP contribution < -0.4 is 15.5 Å². The maximum Gasteiger partial charge on any atom is 0.229 e. The quantitative estimate of drug-likeness (QED) is 0.809. The Morgan fingerprint density at radius 1 is 1.00 bits per heavy atom. The topological polar surface area (TPSA) is 78.5 Å². The number of nitrogens with zero attached hydrogens (tertiary/aromatic N) is 1. The summed E-state index contributed by atoms with van der Waals surface area (Å²) in [6.45, 7) is 8.03. The van der Waals surface area contributed by atoms with Gasteiger partial charge >= 0.3 is 0 Å². The standard InChI is InChI=1S/C23H27N3O3/c1-14(2)22(28)24-18-8-10-19(11-9-18)25-23(29)17-12-21(27)26(13-17)20-7-5-6-15(3)16(20)4/h5-11,14,17H,12-13H2,1-4H3,(H,24,28)(H,25,29). The molecule has 0 bridgehead atoms. The highest BCUT2D eigenvalue weighted by molar-refractivity contribution is 6.04. The van der Waals surface area contributed by atoms with E-state index in [1.807, 2.05) is 45.9 Å². The number of hydrogen-bond acceptors (Lipinski definition) is 3. The summed E-state index contributed by atoms with van der Waals surface area (Å²) in [7, 11) is 0. The van der Waals surface area contributed by atoms with Crippen molar-refractivity contribution in [2.45, 2.75) is 34.1 Å². The smallest absolute Gasteiger partial charge is 0.229 e. The molecule has 1 aliphatic heterocycles. The molecule has 6 nitrogen and oxygen atoms in total. The Bertz CT molecular complexity index is 935. The van der Waals surface area contributed by atoms with Gasteiger partial charge in [0, 0.05) is 35.9 Å². The van der Waals surface area contributed by atoms with Gasteiger partial charge in [0.15, 0.2) is 0 Å². The molecule has 2 N–H and O–H groups in total. The molecule has 1 unspecified atom stereocenters. The lowest BCUT2D eigenvalue weighted by atomic mass is 10.1. The van der Waals surface area contributed by atoms with Crippen LogP contribution in [0.1, 0.15) is 31.4 Å². The van der Waals surface area contributed by atoms with Crippen LogP contribution in [0.3, 0.4) is 0 Å². The molecule has 1 saturated heterocycles. The Balaban J connectivity index is 1.63. The van der Waals surface area contributed by atoms with Crippen molar-refractivity contribution < 1.29 is 14.4 Å². The molecule has 29 heavy (non-hydrogen) atoms. The third-order valence-electron chi connectivity index (χ3n) is 5.31. The number of hydrogen-bond donors (Lipinski definition) is 2. The fourth-order valence-electron chi connectivity index (χ4n) is 3.31. The third-order valence-corrected chi connectivity index (χ3v) is 5.31. The van der Waals surface area contributed by atoms with Crippen molar-refractivity contribution in [3.63, 3.8) is 0 Å². The van der Waals surface area contributed by atoms with Crippen LogP contribution in [0, 0.1) is 25.7 Å². The van der Waals surface area contributed by atoms with Gasteiger partial charge in [0.2, 0.25) is 17.7 Å². The molecule has 152 valence electrons. The van der Waals surface area contributed by atoms with Crippen molar-refractivity contribution in [3.8, 4) is 0 Å². The molecule has 1 aliphatic rings. The predicted molar refractivity (Wildman–Crippen MR) is 115 cm³/mol. The van der Waals surface area contributed by atoms with Gasteiger partial charge < -0.3 is 15.5 Å². The van der Waals surface area contributed by atoms with Gasteiger partial charge in [-0.15, -0.1) is 0 Å². The minimum Gasteiger partial charge on any atom is -0.326 e. The fourth-order valence-corrected chi connectivity index (χ4v) is 3.31. The third kappa shape index (κ3) is 4.65. The van der Waals surface area contributed by atoms with Crippen molar-refractivity contribution in [2.24, 2.45) is 11.8 Å². The summed E-state index contributed by atoms with van der Waals surface area (Å²) in [6.07, 6.45) is 0.196. The molecule has 1 atom stereocenters. The van der Waals surface area contributed by atoms with E-state index in [0.29, 0.717) is 17.9 Å². The second kappa shape index (κ2) is 8.47. The summed E-state index contributed by atoms with van der Waals surface area (Å²) in [5.41, 5.74) is 4.36. The minimum atomic E-state index is -0.400. The van der Waals surface area contributed by atoms with E-state index >= 15 is 0 Å². The molecule has 3 amide bonds. The fraction of sp³-hybridized carbons (Fsp3) is 0.348. The van der Waals surface area contributed by atoms with Gasteiger partial charge in [-0.05, 0) is 55.3 Å². The Hall–Kier alpha value is -3.15. The first kappa shape index (κ1) is 20.6. The molecule has 2 aromatic carbocycles. The minimum absolute atomic E-state index is 0.0365. The summed E-state index contributed by atoms with van der Waals surface area (Å²) in [4.78, 5) is 38.7. The summed E-state index contributed by atoms with van der Waals surface area (Å²) in [5.74, 6) is -0.773. The maximum atomic E-state index is 12.7. The Morgan fingerprint density at radius 2 is 1.62 bits per heavy atom. The first-order valence-corrected chi connectivity index (χ1v) is 9.84. The Morgan fingerprint density at radius 3 is 2.24 bits per heavy atom. The van der Waals surface area contributed by atoms with Gasteiger partial charge in [0.05, 0.1) is 5.92 Å². The van der Waals surface area contributed by atoms with Crippen LogP contribution in [0.2, 0.25) is 0 Å². The number of carbonyl (C=O) groups excluding carboxylic acids is 3. The van der Waals surface area contributed by atoms with E-state index in [9.17, 15) is 14.4 Å². The van der Waals surface area contributed by atoms with Crippen molar-refractivity contribution in [3.05, 3.63) is 53.6 Å². The van der Waals surface area contributed by atoms with E-state index in [1.165, 1.54) is 0 Å². The van der Waals surface area contributed by atoms with Crippen LogP contribution in [0.15, 0.2) is 42.5 Å². The zero-order chi connectivity index (χ0) is 21.1. The molecule has 0 saturated carbocycles. The van der Waals surface area contributed by atoms with Gasteiger partial charge in [-0.2, -0.15) is 0 Å². The van der Waals surface area contributed by atoms with Crippen molar-refractivity contribution in [1.82, 2.24) is 0 Å². The lowest BCUT2D eigenvalue weighted by molar-refractivity contribution is -0.122. The number of benzene rings is 2. The van der Waals surface area contributed by atoms with E-state index in [2.05, 4.69) is 10.6 Å². The van der Waals surface area contributed by atoms with Crippen LogP contribution >= 0.6 is 0 Å². The first-order valence-electron chi connectivity index (χ1n) is 9.84. The van der Waals surface area contributed by atoms with Crippen molar-refractivity contribution in [2.75, 3.05) is 22.1 Å². The molecule has 1 heterocycles. The average molecular weight is 393 g/mol. The van der Waals surface area contributed by atoms with Crippen LogP contribution in [0.4, 0.5) is 17.1 Å². The van der Waals surface area contributed by atoms with Gasteiger partial charge in [-0.1, -0.05) is 26.0 Å². The number of rotatable bonds is 5. The Labute approximate surface area is 171 Å². The molecule has 0 spiro atoms. The summed E-state index contributed by atoms with van der Waals surface area (Å²) >= 11 is 0. The van der Waals surface area contributed by atoms with Gasteiger partial charge in [-0.25, -0.2) is 0 Å². The van der Waals surface area contributed by atoms with Crippen molar-refractivity contribution in [1.29, 1.82) is 0 Å². The SMILES string of the molecule is Cc1cccc(N2CC(C(=O)Nc3ccc(NC(=O)C(C)C)cc3)CC2=O)c1C. The van der Waals surface area contributed by atoms with Crippen LogP contribution in [-0.2, 0) is 14.4 Å². The molecule has 0 aliphatic carbocycles. The highest BCUT2D eigenvalue weighted by Gasteiger charge is 2.35. The number of anilines is 3. The van der Waals surface area contributed by atoms with E-state index in [0.717, 1.165) is 16.8 Å². The van der Waals surface area contributed by atoms with E-state index < -0.39 is 5.92 Å². The maximum absolute atomic E-state index is 12.7. The zero-order valence-electron chi connectivity index (χ0n) is 17.3. The molecular formula is C23H27N3O3. The normalized spacial score (nSPS) is 16.2. The summed E-state index contributed by atoms with van der Waals surface area (Å²) in [5, 5.41) is 5.69. The molecule has 3 rings (SSSR count). The number of amides is 3. The number of carbonyl (C=O) groups is 3. The molecule has 2 aromatic rings. The molecule has 0 radical (unpaired) electrons. The Kier molecular flexibility index (Phi) is 6.01. The van der Waals surface area contributed by atoms with Gasteiger partial charge in [0.25, 0.3) is 0 Å². The highest BCUT2D eigenvalue weighted by atomic mass is 16.2. The number of aryl methyl sites for hydroxylation is 1. The largest absolute Gasteiger partial charge is 0.326 e. The van der Waals surface area contributed by atoms with Crippen LogP contribution in [0.25, 0.3) is 0 Å². The molecule has 6 heteroatoms. The van der Waals surface area contributed by atoms with E-state index in [4.69, 9.17) is 0 Å².